The Morgan fingerprint density at radius 2 is 0.873 bits per heavy atom. The van der Waals surface area contributed by atoms with Crippen LogP contribution >= 0.6 is 0 Å². The van der Waals surface area contributed by atoms with Gasteiger partial charge >= 0.3 is 0 Å². The Balaban J connectivity index is 1.18. The van der Waals surface area contributed by atoms with E-state index in [9.17, 15) is 0 Å². The molecule has 262 valence electrons. The normalized spacial score (nSPS) is 15.3. The van der Waals surface area contributed by atoms with Crippen LogP contribution < -0.4 is 4.90 Å². The van der Waals surface area contributed by atoms with Crippen LogP contribution in [0.5, 0.6) is 0 Å². The van der Waals surface area contributed by atoms with Gasteiger partial charge in [-0.2, -0.15) is 0 Å². The minimum atomic E-state index is -1.42. The molecule has 8 aromatic rings. The molecule has 11 rings (SSSR count). The number of aryl methyl sites for hydroxylation is 1. The number of benzene rings is 8. The SMILES string of the molecule is [2H]C([2H])(C)c1ccc(-c2ccccc2N(c2ccc3c(c2)-c2ccccc2C3(C)C)c2ccc3c(c2)C2(c4ccccc4-c4ccccc42)c2ccccc2-3)cc1. The van der Waals surface area contributed by atoms with E-state index in [1.165, 1.54) is 66.8 Å². The summed E-state index contributed by atoms with van der Waals surface area (Å²) >= 11 is 0. The van der Waals surface area contributed by atoms with Crippen molar-refractivity contribution in [1.29, 1.82) is 0 Å². The van der Waals surface area contributed by atoms with Crippen molar-refractivity contribution in [1.82, 2.24) is 0 Å². The molecule has 1 spiro atoms. The summed E-state index contributed by atoms with van der Waals surface area (Å²) in [6.07, 6.45) is -1.42. The lowest BCUT2D eigenvalue weighted by Gasteiger charge is -2.33. The summed E-state index contributed by atoms with van der Waals surface area (Å²) in [5.41, 5.74) is 21.1. The van der Waals surface area contributed by atoms with E-state index in [2.05, 4.69) is 189 Å². The Labute approximate surface area is 327 Å². The van der Waals surface area contributed by atoms with Crippen molar-refractivity contribution < 1.29 is 2.74 Å². The summed E-state index contributed by atoms with van der Waals surface area (Å²) in [5.74, 6) is 0. The third kappa shape index (κ3) is 4.36. The lowest BCUT2D eigenvalue weighted by molar-refractivity contribution is 0.660. The standard InChI is InChI=1S/C54H41N/c1-4-35-25-27-36(28-26-35)39-15-9-14-24-52(39)55(37-30-32-47-45(33-37)43-19-5-10-20-46(43)53(47,2)3)38-29-31-44-42-18-8-13-23-50(42)54(51(44)34-38)48-21-11-6-16-40(48)41-17-7-12-22-49(41)54/h5-34H,4H2,1-3H3/i4D2. The van der Waals surface area contributed by atoms with Gasteiger partial charge in [0.15, 0.2) is 0 Å². The van der Waals surface area contributed by atoms with E-state index in [0.717, 1.165) is 28.2 Å². The second kappa shape index (κ2) is 11.8. The van der Waals surface area contributed by atoms with E-state index >= 15 is 0 Å². The molecular formula is C54H41N. The number of hydrogen-bond donors (Lipinski definition) is 0. The molecular weight excluding hydrogens is 663 g/mol. The fraction of sp³-hybridized carbons (Fsp3) is 0.111. The van der Waals surface area contributed by atoms with Crippen LogP contribution in [-0.4, -0.2) is 0 Å². The predicted molar refractivity (Wildman–Crippen MR) is 230 cm³/mol. The van der Waals surface area contributed by atoms with Gasteiger partial charge in [0, 0.05) is 25.1 Å². The molecule has 0 heterocycles. The van der Waals surface area contributed by atoms with Crippen LogP contribution in [0.1, 0.15) is 62.5 Å². The zero-order valence-corrected chi connectivity index (χ0v) is 31.3. The Bertz CT molecular complexity index is 2870. The first-order valence-electron chi connectivity index (χ1n) is 20.4. The molecule has 55 heavy (non-hydrogen) atoms. The molecule has 0 aromatic heterocycles. The molecule has 0 aliphatic heterocycles. The molecule has 8 aromatic carbocycles. The zero-order chi connectivity index (χ0) is 38.7. The fourth-order valence-electron chi connectivity index (χ4n) is 10.2. The van der Waals surface area contributed by atoms with Gasteiger partial charge in [0.1, 0.15) is 0 Å². The minimum Gasteiger partial charge on any atom is -0.310 e. The minimum absolute atomic E-state index is 0.103. The summed E-state index contributed by atoms with van der Waals surface area (Å²) in [6.45, 7) is 6.29. The highest BCUT2D eigenvalue weighted by molar-refractivity contribution is 5.97. The summed E-state index contributed by atoms with van der Waals surface area (Å²) < 4.78 is 16.7. The van der Waals surface area contributed by atoms with Gasteiger partial charge in [-0.3, -0.25) is 0 Å². The van der Waals surface area contributed by atoms with Crippen molar-refractivity contribution in [2.75, 3.05) is 4.90 Å². The van der Waals surface area contributed by atoms with E-state index in [0.29, 0.717) is 5.56 Å². The Morgan fingerprint density at radius 3 is 1.47 bits per heavy atom. The third-order valence-electron chi connectivity index (χ3n) is 12.7. The third-order valence-corrected chi connectivity index (χ3v) is 12.7. The summed E-state index contributed by atoms with van der Waals surface area (Å²) in [6, 6.07) is 66.6. The average Bonchev–Trinajstić information content (AvgIpc) is 3.79. The molecule has 0 atom stereocenters. The van der Waals surface area contributed by atoms with Crippen molar-refractivity contribution in [3.63, 3.8) is 0 Å². The molecule has 0 saturated carbocycles. The Kier molecular flexibility index (Phi) is 6.41. The molecule has 0 amide bonds. The molecule has 1 heteroatoms. The van der Waals surface area contributed by atoms with Crippen LogP contribution in [-0.2, 0) is 17.2 Å². The zero-order valence-electron chi connectivity index (χ0n) is 33.3. The highest BCUT2D eigenvalue weighted by Gasteiger charge is 2.51. The van der Waals surface area contributed by atoms with Gasteiger partial charge in [0.2, 0.25) is 0 Å². The Hall–Kier alpha value is -6.44. The smallest absolute Gasteiger partial charge is 0.0726 e. The molecule has 0 N–H and O–H groups in total. The van der Waals surface area contributed by atoms with Gasteiger partial charge in [-0.1, -0.05) is 172 Å². The van der Waals surface area contributed by atoms with Gasteiger partial charge in [-0.25, -0.2) is 0 Å². The number of nitrogens with zero attached hydrogens (tertiary/aromatic N) is 1. The van der Waals surface area contributed by atoms with Crippen LogP contribution in [0.25, 0.3) is 44.5 Å². The summed E-state index contributed by atoms with van der Waals surface area (Å²) in [7, 11) is 0. The van der Waals surface area contributed by atoms with E-state index in [4.69, 9.17) is 2.74 Å². The quantitative estimate of drug-likeness (QED) is 0.172. The number of rotatable bonds is 5. The van der Waals surface area contributed by atoms with E-state index in [1.54, 1.807) is 6.92 Å². The van der Waals surface area contributed by atoms with Crippen LogP contribution in [0, 0.1) is 0 Å². The maximum Gasteiger partial charge on any atom is 0.0726 e. The topological polar surface area (TPSA) is 3.24 Å². The van der Waals surface area contributed by atoms with Crippen LogP contribution in [0.2, 0.25) is 0 Å². The van der Waals surface area contributed by atoms with Gasteiger partial charge in [0.25, 0.3) is 0 Å². The summed E-state index contributed by atoms with van der Waals surface area (Å²) in [5, 5.41) is 0. The molecule has 0 saturated heterocycles. The van der Waals surface area contributed by atoms with Crippen LogP contribution in [0.3, 0.4) is 0 Å². The molecule has 1 nitrogen and oxygen atoms in total. The van der Waals surface area contributed by atoms with Crippen molar-refractivity contribution in [2.24, 2.45) is 0 Å². The molecule has 0 unspecified atom stereocenters. The van der Waals surface area contributed by atoms with E-state index in [1.807, 2.05) is 12.1 Å². The maximum absolute atomic E-state index is 8.35. The van der Waals surface area contributed by atoms with Crippen molar-refractivity contribution in [2.45, 2.75) is 38.0 Å². The molecule has 0 bridgehead atoms. The predicted octanol–water partition coefficient (Wildman–Crippen LogP) is 14.0. The number of hydrogen-bond acceptors (Lipinski definition) is 1. The lowest BCUT2D eigenvalue weighted by Crippen LogP contribution is -2.26. The van der Waals surface area contributed by atoms with E-state index < -0.39 is 11.8 Å². The lowest BCUT2D eigenvalue weighted by atomic mass is 9.70. The summed E-state index contributed by atoms with van der Waals surface area (Å²) in [4.78, 5) is 2.44. The second-order valence-electron chi connectivity index (χ2n) is 15.7. The highest BCUT2D eigenvalue weighted by Crippen LogP contribution is 2.63. The average molecular weight is 706 g/mol. The fourth-order valence-corrected chi connectivity index (χ4v) is 10.2. The van der Waals surface area contributed by atoms with Crippen molar-refractivity contribution in [3.8, 4) is 44.5 Å². The van der Waals surface area contributed by atoms with Crippen molar-refractivity contribution >= 4 is 17.1 Å². The highest BCUT2D eigenvalue weighted by atomic mass is 15.1. The number of fused-ring (bicyclic) bond motifs is 13. The molecule has 3 aliphatic rings. The van der Waals surface area contributed by atoms with Crippen LogP contribution in [0.4, 0.5) is 17.1 Å². The molecule has 3 aliphatic carbocycles. The van der Waals surface area contributed by atoms with Crippen molar-refractivity contribution in [3.05, 3.63) is 221 Å². The van der Waals surface area contributed by atoms with Gasteiger partial charge < -0.3 is 4.90 Å². The first kappa shape index (κ1) is 29.9. The first-order valence-corrected chi connectivity index (χ1v) is 19.4. The largest absolute Gasteiger partial charge is 0.310 e. The van der Waals surface area contributed by atoms with Gasteiger partial charge in [-0.05, 0) is 115 Å². The number of para-hydroxylation sites is 1. The van der Waals surface area contributed by atoms with E-state index in [-0.39, 0.29) is 5.41 Å². The second-order valence-corrected chi connectivity index (χ2v) is 15.7. The number of anilines is 3. The molecule has 0 fully saturated rings. The monoisotopic (exact) mass is 705 g/mol. The van der Waals surface area contributed by atoms with Gasteiger partial charge in [-0.15, -0.1) is 0 Å². The first-order chi connectivity index (χ1) is 27.7. The van der Waals surface area contributed by atoms with Crippen LogP contribution in [0.15, 0.2) is 182 Å². The Morgan fingerprint density at radius 1 is 0.418 bits per heavy atom. The van der Waals surface area contributed by atoms with Gasteiger partial charge in [0.05, 0.1) is 11.1 Å². The maximum atomic E-state index is 8.35. The molecule has 0 radical (unpaired) electrons.